The fraction of sp³-hybridized carbons (Fsp3) is 0.462. The van der Waals surface area contributed by atoms with Gasteiger partial charge in [0.15, 0.2) is 11.5 Å². The number of amides is 1. The van der Waals surface area contributed by atoms with Gasteiger partial charge in [-0.1, -0.05) is 18.0 Å². The van der Waals surface area contributed by atoms with Crippen LogP contribution in [0.25, 0.3) is 10.2 Å². The van der Waals surface area contributed by atoms with Crippen molar-refractivity contribution >= 4 is 39.1 Å². The van der Waals surface area contributed by atoms with Crippen LogP contribution in [0.4, 0.5) is 5.95 Å². The van der Waals surface area contributed by atoms with Crippen molar-refractivity contribution in [2.45, 2.75) is 25.7 Å². The zero-order valence-electron chi connectivity index (χ0n) is 21.4. The molecule has 1 saturated heterocycles. The Morgan fingerprint density at radius 3 is 2.76 bits per heavy atom. The number of oxime groups is 1. The van der Waals surface area contributed by atoms with Crippen molar-refractivity contribution in [1.82, 2.24) is 20.2 Å². The molecular weight excluding hydrogens is 508 g/mol. The van der Waals surface area contributed by atoms with Crippen molar-refractivity contribution in [3.8, 4) is 11.5 Å². The smallest absolute Gasteiger partial charge is 0.261 e. The Morgan fingerprint density at radius 2 is 1.95 bits per heavy atom. The summed E-state index contributed by atoms with van der Waals surface area (Å²) in [5.74, 6) is 1.14. The summed E-state index contributed by atoms with van der Waals surface area (Å²) in [6.07, 6.45) is 4.98. The number of thiophene rings is 1. The second-order valence-corrected chi connectivity index (χ2v) is 10.1. The van der Waals surface area contributed by atoms with E-state index in [1.165, 1.54) is 37.0 Å². The van der Waals surface area contributed by atoms with Crippen LogP contribution in [-0.2, 0) is 9.57 Å². The van der Waals surface area contributed by atoms with E-state index in [0.29, 0.717) is 57.8 Å². The molecule has 0 spiro atoms. The number of hydrogen-bond donors (Lipinski definition) is 2. The van der Waals surface area contributed by atoms with Gasteiger partial charge >= 0.3 is 0 Å². The molecule has 0 aliphatic carbocycles. The quantitative estimate of drug-likeness (QED) is 0.226. The van der Waals surface area contributed by atoms with Crippen LogP contribution in [0.15, 0.2) is 29.4 Å². The van der Waals surface area contributed by atoms with Gasteiger partial charge in [-0.2, -0.15) is 0 Å². The number of nitrogens with one attached hydrogen (secondary N) is 1. The Hall–Kier alpha value is -3.48. The number of benzene rings is 1. The normalized spacial score (nSPS) is 16.0. The number of carbonyl (C=O) groups is 1. The number of carbonyl (C=O) groups excluding carboxylic acids is 1. The van der Waals surface area contributed by atoms with Crippen molar-refractivity contribution in [2.24, 2.45) is 5.16 Å². The van der Waals surface area contributed by atoms with Gasteiger partial charge < -0.3 is 30.1 Å². The first-order chi connectivity index (χ1) is 18.6. The summed E-state index contributed by atoms with van der Waals surface area (Å²) in [4.78, 5) is 31.0. The van der Waals surface area contributed by atoms with Crippen LogP contribution in [0.5, 0.6) is 11.5 Å². The SMILES string of the molecule is COCCNC(=O)c1cc2c(/C(=N/OCCN3CCCCCC3)c3ccc4c(c3)OCO4)nc(N)nc2s1. The molecular formula is C26H32N6O5S. The Morgan fingerprint density at radius 1 is 1.13 bits per heavy atom. The Balaban J connectivity index is 1.46. The van der Waals surface area contributed by atoms with Crippen LogP contribution < -0.4 is 20.5 Å². The van der Waals surface area contributed by atoms with Crippen molar-refractivity contribution in [1.29, 1.82) is 0 Å². The maximum Gasteiger partial charge on any atom is 0.261 e. The minimum atomic E-state index is -0.218. The van der Waals surface area contributed by atoms with Gasteiger partial charge in [0.1, 0.15) is 22.8 Å². The molecule has 2 aliphatic rings. The summed E-state index contributed by atoms with van der Waals surface area (Å²) in [6.45, 7) is 4.38. The zero-order chi connectivity index (χ0) is 26.3. The van der Waals surface area contributed by atoms with Gasteiger partial charge in [0.05, 0.1) is 11.5 Å². The fourth-order valence-corrected chi connectivity index (χ4v) is 5.46. The largest absolute Gasteiger partial charge is 0.454 e. The van der Waals surface area contributed by atoms with E-state index in [0.717, 1.165) is 25.2 Å². The minimum absolute atomic E-state index is 0.0821. The van der Waals surface area contributed by atoms with Gasteiger partial charge in [0.25, 0.3) is 5.91 Å². The molecule has 4 heterocycles. The molecule has 3 N–H and O–H groups in total. The molecule has 0 atom stereocenters. The van der Waals surface area contributed by atoms with Crippen LogP contribution >= 0.6 is 11.3 Å². The maximum absolute atomic E-state index is 12.7. The third kappa shape index (κ3) is 6.14. The molecule has 11 nitrogen and oxygen atoms in total. The molecule has 0 unspecified atom stereocenters. The van der Waals surface area contributed by atoms with Gasteiger partial charge in [-0.15, -0.1) is 11.3 Å². The lowest BCUT2D eigenvalue weighted by atomic mass is 10.0. The Labute approximate surface area is 224 Å². The summed E-state index contributed by atoms with van der Waals surface area (Å²) < 4.78 is 16.1. The number of anilines is 1. The van der Waals surface area contributed by atoms with E-state index >= 15 is 0 Å². The number of nitrogens with zero attached hydrogens (tertiary/aromatic N) is 4. The highest BCUT2D eigenvalue weighted by atomic mass is 32.1. The van der Waals surface area contributed by atoms with Crippen LogP contribution in [0, 0.1) is 0 Å². The summed E-state index contributed by atoms with van der Waals surface area (Å²) in [5.41, 5.74) is 7.78. The second-order valence-electron chi connectivity index (χ2n) is 9.11. The zero-order valence-corrected chi connectivity index (χ0v) is 22.2. The molecule has 1 amide bonds. The standard InChI is InChI=1S/C26H32N6O5S/c1-34-12-8-28-24(33)21-15-18-23(29-26(27)30-25(18)38-21)22(17-6-7-19-20(14-17)36-16-35-19)31-37-13-11-32-9-4-2-3-5-10-32/h6-7,14-15H,2-5,8-13,16H2,1H3,(H,28,33)(H2,27,29,30)/b31-22+. The molecule has 38 heavy (non-hydrogen) atoms. The van der Waals surface area contributed by atoms with E-state index < -0.39 is 0 Å². The van der Waals surface area contributed by atoms with E-state index in [-0.39, 0.29) is 18.6 Å². The number of hydrogen-bond acceptors (Lipinski definition) is 11. The number of methoxy groups -OCH3 is 1. The molecule has 1 aromatic carbocycles. The van der Waals surface area contributed by atoms with Crippen molar-refractivity contribution < 1.29 is 23.8 Å². The summed E-state index contributed by atoms with van der Waals surface area (Å²) in [5, 5.41) is 8.04. The molecule has 3 aromatic rings. The van der Waals surface area contributed by atoms with Gasteiger partial charge in [0.2, 0.25) is 12.7 Å². The van der Waals surface area contributed by atoms with Crippen LogP contribution in [0.1, 0.15) is 46.6 Å². The molecule has 1 fully saturated rings. The molecule has 202 valence electrons. The number of nitrogens with two attached hydrogens (primary N) is 1. The molecule has 12 heteroatoms. The summed E-state index contributed by atoms with van der Waals surface area (Å²) >= 11 is 1.24. The Bertz CT molecular complexity index is 1300. The Kier molecular flexibility index (Phi) is 8.51. The van der Waals surface area contributed by atoms with E-state index in [9.17, 15) is 4.79 Å². The number of fused-ring (bicyclic) bond motifs is 2. The average Bonchev–Trinajstić information content (AvgIpc) is 3.48. The average molecular weight is 541 g/mol. The highest BCUT2D eigenvalue weighted by Gasteiger charge is 2.23. The topological polar surface area (TPSA) is 133 Å². The predicted molar refractivity (Wildman–Crippen MR) is 145 cm³/mol. The number of rotatable bonds is 10. The number of nitrogen functional groups attached to an aromatic ring is 1. The number of likely N-dealkylation sites (tertiary alicyclic amines) is 1. The summed E-state index contributed by atoms with van der Waals surface area (Å²) in [7, 11) is 1.59. The van der Waals surface area contributed by atoms with Crippen LogP contribution in [0.2, 0.25) is 0 Å². The lowest BCUT2D eigenvalue weighted by Gasteiger charge is -2.18. The van der Waals surface area contributed by atoms with E-state index in [1.807, 2.05) is 18.2 Å². The van der Waals surface area contributed by atoms with Gasteiger partial charge in [-0.05, 0) is 50.2 Å². The second kappa shape index (κ2) is 12.4. The highest BCUT2D eigenvalue weighted by Crippen LogP contribution is 2.34. The fourth-order valence-electron chi connectivity index (χ4n) is 4.50. The first-order valence-electron chi connectivity index (χ1n) is 12.8. The lowest BCUT2D eigenvalue weighted by Crippen LogP contribution is -2.28. The first-order valence-corrected chi connectivity index (χ1v) is 13.6. The first kappa shape index (κ1) is 26.1. The molecule has 2 aliphatic heterocycles. The minimum Gasteiger partial charge on any atom is -0.454 e. The maximum atomic E-state index is 12.7. The third-order valence-electron chi connectivity index (χ3n) is 6.45. The third-order valence-corrected chi connectivity index (χ3v) is 7.48. The van der Waals surface area contributed by atoms with E-state index in [1.54, 1.807) is 13.2 Å². The van der Waals surface area contributed by atoms with E-state index in [4.69, 9.17) is 24.8 Å². The number of ether oxygens (including phenoxy) is 3. The molecule has 0 radical (unpaired) electrons. The molecule has 5 rings (SSSR count). The van der Waals surface area contributed by atoms with Gasteiger partial charge in [-0.25, -0.2) is 9.97 Å². The molecule has 0 saturated carbocycles. The van der Waals surface area contributed by atoms with Gasteiger partial charge in [0, 0.05) is 31.1 Å². The van der Waals surface area contributed by atoms with E-state index in [2.05, 4.69) is 25.3 Å². The lowest BCUT2D eigenvalue weighted by molar-refractivity contribution is 0.0941. The monoisotopic (exact) mass is 540 g/mol. The highest BCUT2D eigenvalue weighted by molar-refractivity contribution is 7.20. The summed E-state index contributed by atoms with van der Waals surface area (Å²) in [6, 6.07) is 7.30. The number of aromatic nitrogens is 2. The molecule has 2 aromatic heterocycles. The predicted octanol–water partition coefficient (Wildman–Crippen LogP) is 3.02. The van der Waals surface area contributed by atoms with Crippen LogP contribution in [-0.4, -0.2) is 79.8 Å². The molecule has 0 bridgehead atoms. The van der Waals surface area contributed by atoms with Crippen molar-refractivity contribution in [3.63, 3.8) is 0 Å². The van der Waals surface area contributed by atoms with Crippen LogP contribution in [0.3, 0.4) is 0 Å². The van der Waals surface area contributed by atoms with Crippen molar-refractivity contribution in [3.05, 3.63) is 40.4 Å². The van der Waals surface area contributed by atoms with Gasteiger partial charge in [-0.3, -0.25) is 9.69 Å². The van der Waals surface area contributed by atoms with Crippen molar-refractivity contribution in [2.75, 3.05) is 59.0 Å².